The summed E-state index contributed by atoms with van der Waals surface area (Å²) in [7, 11) is 0. The molecule has 0 aromatic carbocycles. The Balaban J connectivity index is 1.86. The van der Waals surface area contributed by atoms with Gasteiger partial charge in [0.15, 0.2) is 5.82 Å². The molecule has 118 valence electrons. The molecule has 6 nitrogen and oxygen atoms in total. The topological polar surface area (TPSA) is 83.8 Å². The highest BCUT2D eigenvalue weighted by Gasteiger charge is 2.41. The molecule has 2 aromatic rings. The Bertz CT molecular complexity index is 671. The minimum atomic E-state index is -0.550. The van der Waals surface area contributed by atoms with Gasteiger partial charge in [0.2, 0.25) is 5.89 Å². The van der Waals surface area contributed by atoms with Crippen molar-refractivity contribution in [2.45, 2.75) is 51.0 Å². The molecule has 22 heavy (non-hydrogen) atoms. The van der Waals surface area contributed by atoms with Crippen LogP contribution in [-0.2, 0) is 5.54 Å². The summed E-state index contributed by atoms with van der Waals surface area (Å²) in [5.41, 5.74) is -0.116. The van der Waals surface area contributed by atoms with Crippen molar-refractivity contribution in [2.75, 3.05) is 0 Å². The summed E-state index contributed by atoms with van der Waals surface area (Å²) in [4.78, 5) is 19.8. The Labute approximate surface area is 133 Å². The first kappa shape index (κ1) is 15.1. The van der Waals surface area contributed by atoms with Gasteiger partial charge in [-0.3, -0.25) is 4.79 Å². The van der Waals surface area contributed by atoms with Crippen LogP contribution in [0.15, 0.2) is 16.8 Å². The maximum Gasteiger partial charge on any atom is 0.268 e. The lowest BCUT2D eigenvalue weighted by Crippen LogP contribution is -2.44. The molecular formula is C15H19ClN4O2. The molecule has 0 aliphatic heterocycles. The molecule has 1 amide bonds. The first-order chi connectivity index (χ1) is 10.5. The Hall–Kier alpha value is -1.82. The molecule has 0 saturated heterocycles. The fraction of sp³-hybridized carbons (Fsp3) is 0.533. The van der Waals surface area contributed by atoms with Crippen LogP contribution in [0.1, 0.15) is 67.7 Å². The van der Waals surface area contributed by atoms with Crippen molar-refractivity contribution in [3.05, 3.63) is 34.7 Å². The fourth-order valence-corrected chi connectivity index (χ4v) is 2.99. The molecule has 2 aromatic heterocycles. The Morgan fingerprint density at radius 1 is 1.45 bits per heavy atom. The van der Waals surface area contributed by atoms with Crippen molar-refractivity contribution >= 4 is 17.5 Å². The van der Waals surface area contributed by atoms with E-state index in [1.807, 2.05) is 13.8 Å². The highest BCUT2D eigenvalue weighted by atomic mass is 35.5. The molecule has 0 bridgehead atoms. The van der Waals surface area contributed by atoms with E-state index in [0.717, 1.165) is 25.7 Å². The van der Waals surface area contributed by atoms with Crippen LogP contribution in [0.4, 0.5) is 0 Å². The number of aromatic amines is 1. The largest absolute Gasteiger partial charge is 0.356 e. The van der Waals surface area contributed by atoms with Gasteiger partial charge in [-0.2, -0.15) is 4.98 Å². The van der Waals surface area contributed by atoms with Crippen LogP contribution in [0, 0.1) is 0 Å². The number of nitrogens with one attached hydrogen (secondary N) is 2. The van der Waals surface area contributed by atoms with Gasteiger partial charge in [-0.05, 0) is 18.9 Å². The smallest absolute Gasteiger partial charge is 0.268 e. The second-order valence-corrected chi connectivity index (χ2v) is 6.52. The first-order valence-corrected chi connectivity index (χ1v) is 7.88. The highest BCUT2D eigenvalue weighted by molar-refractivity contribution is 6.30. The van der Waals surface area contributed by atoms with Crippen LogP contribution in [0.25, 0.3) is 0 Å². The number of halogens is 1. The SMILES string of the molecule is CC(C)c1nc(C2(NC(=O)c3cc(Cl)c[nH]3)CCCC2)no1. The van der Waals surface area contributed by atoms with E-state index >= 15 is 0 Å². The molecular weight excluding hydrogens is 304 g/mol. The van der Waals surface area contributed by atoms with Gasteiger partial charge < -0.3 is 14.8 Å². The number of hydrogen-bond donors (Lipinski definition) is 2. The number of amides is 1. The van der Waals surface area contributed by atoms with E-state index in [0.29, 0.717) is 22.4 Å². The molecule has 3 rings (SSSR count). The molecule has 0 unspecified atom stereocenters. The zero-order valence-electron chi connectivity index (χ0n) is 12.6. The van der Waals surface area contributed by atoms with Gasteiger partial charge in [0.25, 0.3) is 5.91 Å². The van der Waals surface area contributed by atoms with E-state index in [-0.39, 0.29) is 11.8 Å². The lowest BCUT2D eigenvalue weighted by molar-refractivity contribution is 0.0887. The predicted octanol–water partition coefficient (Wildman–Crippen LogP) is 3.37. The van der Waals surface area contributed by atoms with Crippen LogP contribution >= 0.6 is 11.6 Å². The van der Waals surface area contributed by atoms with E-state index < -0.39 is 5.54 Å². The molecule has 0 atom stereocenters. The Morgan fingerprint density at radius 2 is 2.18 bits per heavy atom. The van der Waals surface area contributed by atoms with Crippen molar-refractivity contribution in [3.63, 3.8) is 0 Å². The van der Waals surface area contributed by atoms with Gasteiger partial charge in [0.1, 0.15) is 11.2 Å². The van der Waals surface area contributed by atoms with Crippen LogP contribution in [0.5, 0.6) is 0 Å². The first-order valence-electron chi connectivity index (χ1n) is 7.51. The molecule has 1 saturated carbocycles. The average Bonchev–Trinajstić information content (AvgIpc) is 3.17. The van der Waals surface area contributed by atoms with Crippen LogP contribution in [-0.4, -0.2) is 21.0 Å². The van der Waals surface area contributed by atoms with Gasteiger partial charge >= 0.3 is 0 Å². The van der Waals surface area contributed by atoms with Crippen molar-refractivity contribution in [3.8, 4) is 0 Å². The lowest BCUT2D eigenvalue weighted by atomic mass is 9.96. The maximum atomic E-state index is 12.4. The predicted molar refractivity (Wildman–Crippen MR) is 81.8 cm³/mol. The van der Waals surface area contributed by atoms with Gasteiger partial charge in [0.05, 0.1) is 5.02 Å². The molecule has 0 radical (unpaired) electrons. The minimum absolute atomic E-state index is 0.164. The maximum absolute atomic E-state index is 12.4. The van der Waals surface area contributed by atoms with E-state index in [1.165, 1.54) is 0 Å². The second-order valence-electron chi connectivity index (χ2n) is 6.09. The molecule has 2 heterocycles. The standard InChI is InChI=1S/C15H19ClN4O2/c1-9(2)13-18-14(20-22-13)15(5-3-4-6-15)19-12(21)11-7-10(16)8-17-11/h7-9,17H,3-6H2,1-2H3,(H,19,21). The van der Waals surface area contributed by atoms with Crippen LogP contribution in [0.3, 0.4) is 0 Å². The summed E-state index contributed by atoms with van der Waals surface area (Å²) >= 11 is 5.86. The summed E-state index contributed by atoms with van der Waals surface area (Å²) in [6.07, 6.45) is 5.26. The molecule has 2 N–H and O–H groups in total. The third-order valence-electron chi connectivity index (χ3n) is 4.07. The second kappa shape index (κ2) is 5.76. The third kappa shape index (κ3) is 2.75. The summed E-state index contributed by atoms with van der Waals surface area (Å²) < 4.78 is 5.31. The van der Waals surface area contributed by atoms with E-state index in [1.54, 1.807) is 12.3 Å². The molecule has 7 heteroatoms. The molecule has 0 spiro atoms. The number of nitrogens with zero attached hydrogens (tertiary/aromatic N) is 2. The number of rotatable bonds is 4. The molecule has 1 aliphatic carbocycles. The lowest BCUT2D eigenvalue weighted by Gasteiger charge is -2.26. The van der Waals surface area contributed by atoms with Crippen molar-refractivity contribution in [1.29, 1.82) is 0 Å². The third-order valence-corrected chi connectivity index (χ3v) is 4.28. The number of aromatic nitrogens is 3. The average molecular weight is 323 g/mol. The van der Waals surface area contributed by atoms with Crippen molar-refractivity contribution in [1.82, 2.24) is 20.4 Å². The number of carbonyl (C=O) groups is 1. The van der Waals surface area contributed by atoms with Crippen molar-refractivity contribution in [2.24, 2.45) is 0 Å². The Kier molecular flexibility index (Phi) is 3.95. The zero-order valence-corrected chi connectivity index (χ0v) is 13.4. The molecule has 1 aliphatic rings. The summed E-state index contributed by atoms with van der Waals surface area (Å²) in [5, 5.41) is 7.69. The van der Waals surface area contributed by atoms with Gasteiger partial charge in [-0.1, -0.05) is 43.4 Å². The zero-order chi connectivity index (χ0) is 15.7. The summed E-state index contributed by atoms with van der Waals surface area (Å²) in [5.74, 6) is 1.13. The fourth-order valence-electron chi connectivity index (χ4n) is 2.83. The summed E-state index contributed by atoms with van der Waals surface area (Å²) in [6, 6.07) is 1.61. The minimum Gasteiger partial charge on any atom is -0.356 e. The monoisotopic (exact) mass is 322 g/mol. The van der Waals surface area contributed by atoms with Gasteiger partial charge in [-0.15, -0.1) is 0 Å². The quantitative estimate of drug-likeness (QED) is 0.903. The van der Waals surface area contributed by atoms with Crippen LogP contribution in [0.2, 0.25) is 5.02 Å². The normalized spacial score (nSPS) is 17.1. The van der Waals surface area contributed by atoms with E-state index in [2.05, 4.69) is 20.4 Å². The molecule has 1 fully saturated rings. The van der Waals surface area contributed by atoms with E-state index in [4.69, 9.17) is 16.1 Å². The van der Waals surface area contributed by atoms with Gasteiger partial charge in [0, 0.05) is 12.1 Å². The summed E-state index contributed by atoms with van der Waals surface area (Å²) in [6.45, 7) is 4.00. The highest BCUT2D eigenvalue weighted by Crippen LogP contribution is 2.38. The number of carbonyl (C=O) groups excluding carboxylic acids is 1. The van der Waals surface area contributed by atoms with Crippen LogP contribution < -0.4 is 5.32 Å². The number of H-pyrrole nitrogens is 1. The number of hydrogen-bond acceptors (Lipinski definition) is 4. The Morgan fingerprint density at radius 3 is 2.73 bits per heavy atom. The van der Waals surface area contributed by atoms with Gasteiger partial charge in [-0.25, -0.2) is 0 Å². The van der Waals surface area contributed by atoms with Crippen molar-refractivity contribution < 1.29 is 9.32 Å². The van der Waals surface area contributed by atoms with E-state index in [9.17, 15) is 4.79 Å².